The minimum atomic E-state index is -0.356. The highest BCUT2D eigenvalue weighted by atomic mass is 16.3. The second-order valence-corrected chi connectivity index (χ2v) is 6.67. The van der Waals surface area contributed by atoms with Crippen LogP contribution in [0.25, 0.3) is 0 Å². The Hall–Kier alpha value is -1.55. The highest BCUT2D eigenvalue weighted by Crippen LogP contribution is 2.24. The highest BCUT2D eigenvalue weighted by molar-refractivity contribution is 5.75. The Kier molecular flexibility index (Phi) is 5.83. The molecule has 2 rings (SSSR count). The van der Waals surface area contributed by atoms with Crippen LogP contribution in [0.3, 0.4) is 0 Å². The Morgan fingerprint density at radius 1 is 1.27 bits per heavy atom. The Bertz CT molecular complexity index is 473. The first-order valence-electron chi connectivity index (χ1n) is 8.27. The maximum absolute atomic E-state index is 12.6. The molecule has 1 fully saturated rings. The molecular weight excluding hydrogens is 276 g/mol. The molecule has 0 radical (unpaired) electrons. The number of piperidine rings is 1. The monoisotopic (exact) mass is 304 g/mol. The van der Waals surface area contributed by atoms with Crippen LogP contribution in [0.2, 0.25) is 0 Å². The van der Waals surface area contributed by atoms with Crippen molar-refractivity contribution in [2.75, 3.05) is 13.1 Å². The number of rotatable bonds is 4. The Morgan fingerprint density at radius 3 is 2.55 bits per heavy atom. The molecule has 0 spiro atoms. The molecule has 3 atom stereocenters. The Morgan fingerprint density at radius 2 is 1.95 bits per heavy atom. The molecule has 0 bridgehead atoms. The summed E-state index contributed by atoms with van der Waals surface area (Å²) >= 11 is 0. The van der Waals surface area contributed by atoms with Crippen LogP contribution in [-0.2, 0) is 0 Å². The summed E-state index contributed by atoms with van der Waals surface area (Å²) in [5.74, 6) is 0.512. The lowest BCUT2D eigenvalue weighted by Gasteiger charge is -2.35. The van der Waals surface area contributed by atoms with Crippen molar-refractivity contribution in [2.45, 2.75) is 45.8 Å². The molecule has 4 nitrogen and oxygen atoms in total. The zero-order valence-electron chi connectivity index (χ0n) is 13.8. The van der Waals surface area contributed by atoms with Gasteiger partial charge in [0, 0.05) is 19.0 Å². The van der Waals surface area contributed by atoms with E-state index < -0.39 is 0 Å². The van der Waals surface area contributed by atoms with Gasteiger partial charge in [-0.1, -0.05) is 44.2 Å². The SMILES string of the molecule is CC(C)C(NC(=O)N1CCCC(C(C)O)C1)c1ccccc1. The minimum Gasteiger partial charge on any atom is -0.393 e. The van der Waals surface area contributed by atoms with Crippen LogP contribution in [0.1, 0.15) is 45.2 Å². The van der Waals surface area contributed by atoms with Crippen molar-refractivity contribution >= 4 is 6.03 Å². The quantitative estimate of drug-likeness (QED) is 0.897. The summed E-state index contributed by atoms with van der Waals surface area (Å²) in [4.78, 5) is 14.4. The smallest absolute Gasteiger partial charge is 0.317 e. The molecule has 3 unspecified atom stereocenters. The van der Waals surface area contributed by atoms with Gasteiger partial charge in [0.2, 0.25) is 0 Å². The van der Waals surface area contributed by atoms with E-state index in [1.165, 1.54) is 0 Å². The van der Waals surface area contributed by atoms with Crippen molar-refractivity contribution in [1.29, 1.82) is 0 Å². The van der Waals surface area contributed by atoms with Gasteiger partial charge in [-0.2, -0.15) is 0 Å². The van der Waals surface area contributed by atoms with Gasteiger partial charge >= 0.3 is 6.03 Å². The molecule has 1 aromatic rings. The van der Waals surface area contributed by atoms with Gasteiger partial charge in [0.25, 0.3) is 0 Å². The molecule has 1 heterocycles. The zero-order valence-corrected chi connectivity index (χ0v) is 13.8. The van der Waals surface area contributed by atoms with Gasteiger partial charge in [-0.25, -0.2) is 4.79 Å². The fourth-order valence-corrected chi connectivity index (χ4v) is 3.11. The number of hydrogen-bond donors (Lipinski definition) is 2. The molecule has 4 heteroatoms. The normalized spacial score (nSPS) is 21.5. The van der Waals surface area contributed by atoms with Crippen LogP contribution < -0.4 is 5.32 Å². The average Bonchev–Trinajstić information content (AvgIpc) is 2.53. The van der Waals surface area contributed by atoms with Crippen LogP contribution in [0.15, 0.2) is 30.3 Å². The van der Waals surface area contributed by atoms with E-state index in [-0.39, 0.29) is 24.1 Å². The van der Waals surface area contributed by atoms with Crippen molar-refractivity contribution in [3.63, 3.8) is 0 Å². The molecule has 22 heavy (non-hydrogen) atoms. The van der Waals surface area contributed by atoms with E-state index in [9.17, 15) is 9.90 Å². The number of urea groups is 1. The van der Waals surface area contributed by atoms with E-state index in [1.807, 2.05) is 30.0 Å². The van der Waals surface area contributed by atoms with E-state index in [0.29, 0.717) is 12.5 Å². The van der Waals surface area contributed by atoms with Gasteiger partial charge in [0.1, 0.15) is 0 Å². The van der Waals surface area contributed by atoms with Gasteiger partial charge in [0.15, 0.2) is 0 Å². The third-order valence-corrected chi connectivity index (χ3v) is 4.53. The molecule has 1 saturated heterocycles. The highest BCUT2D eigenvalue weighted by Gasteiger charge is 2.28. The lowest BCUT2D eigenvalue weighted by Crippen LogP contribution is -2.48. The fraction of sp³-hybridized carbons (Fsp3) is 0.611. The van der Waals surface area contributed by atoms with Crippen LogP contribution in [0, 0.1) is 11.8 Å². The maximum Gasteiger partial charge on any atom is 0.317 e. The molecule has 122 valence electrons. The van der Waals surface area contributed by atoms with E-state index in [0.717, 1.165) is 24.9 Å². The zero-order chi connectivity index (χ0) is 16.1. The Balaban J connectivity index is 2.02. The number of carbonyl (C=O) groups excluding carboxylic acids is 1. The summed E-state index contributed by atoms with van der Waals surface area (Å²) < 4.78 is 0. The number of amides is 2. The molecular formula is C18H28N2O2. The average molecular weight is 304 g/mol. The van der Waals surface area contributed by atoms with Crippen LogP contribution in [0.5, 0.6) is 0 Å². The van der Waals surface area contributed by atoms with Crippen molar-refractivity contribution in [1.82, 2.24) is 10.2 Å². The molecule has 1 aliphatic heterocycles. The summed E-state index contributed by atoms with van der Waals surface area (Å²) in [6, 6.07) is 10.1. The number of carbonyl (C=O) groups is 1. The Labute approximate surface area is 133 Å². The summed E-state index contributed by atoms with van der Waals surface area (Å²) in [6.45, 7) is 7.46. The largest absolute Gasteiger partial charge is 0.393 e. The molecule has 1 aromatic carbocycles. The van der Waals surface area contributed by atoms with Crippen LogP contribution >= 0.6 is 0 Å². The number of nitrogens with one attached hydrogen (secondary N) is 1. The second kappa shape index (κ2) is 7.63. The number of hydrogen-bond acceptors (Lipinski definition) is 2. The summed E-state index contributed by atoms with van der Waals surface area (Å²) in [5.41, 5.74) is 1.13. The topological polar surface area (TPSA) is 52.6 Å². The fourth-order valence-electron chi connectivity index (χ4n) is 3.11. The molecule has 0 aliphatic carbocycles. The molecule has 0 aromatic heterocycles. The predicted octanol–water partition coefficient (Wildman–Crippen LogP) is 3.19. The van der Waals surface area contributed by atoms with Crippen molar-refractivity contribution < 1.29 is 9.90 Å². The van der Waals surface area contributed by atoms with Gasteiger partial charge in [-0.05, 0) is 31.2 Å². The number of aliphatic hydroxyl groups excluding tert-OH is 1. The van der Waals surface area contributed by atoms with E-state index >= 15 is 0 Å². The van der Waals surface area contributed by atoms with Crippen molar-refractivity contribution in [2.24, 2.45) is 11.8 Å². The van der Waals surface area contributed by atoms with Crippen LogP contribution in [-0.4, -0.2) is 35.2 Å². The third kappa shape index (κ3) is 4.23. The number of nitrogens with zero attached hydrogens (tertiary/aromatic N) is 1. The molecule has 0 saturated carbocycles. The first kappa shape index (κ1) is 16.8. The van der Waals surface area contributed by atoms with E-state index in [1.54, 1.807) is 0 Å². The van der Waals surface area contributed by atoms with Gasteiger partial charge in [-0.3, -0.25) is 0 Å². The van der Waals surface area contributed by atoms with Gasteiger partial charge < -0.3 is 15.3 Å². The number of likely N-dealkylation sites (tertiary alicyclic amines) is 1. The van der Waals surface area contributed by atoms with Crippen molar-refractivity contribution in [3.05, 3.63) is 35.9 Å². The van der Waals surface area contributed by atoms with Gasteiger partial charge in [-0.15, -0.1) is 0 Å². The number of aliphatic hydroxyl groups is 1. The molecule has 2 N–H and O–H groups in total. The third-order valence-electron chi connectivity index (χ3n) is 4.53. The second-order valence-electron chi connectivity index (χ2n) is 6.67. The summed E-state index contributed by atoms with van der Waals surface area (Å²) in [7, 11) is 0. The van der Waals surface area contributed by atoms with E-state index in [2.05, 4.69) is 31.3 Å². The predicted molar refractivity (Wildman–Crippen MR) is 88.5 cm³/mol. The summed E-state index contributed by atoms with van der Waals surface area (Å²) in [5, 5.41) is 12.9. The summed E-state index contributed by atoms with van der Waals surface area (Å²) in [6.07, 6.45) is 1.60. The number of benzene rings is 1. The maximum atomic E-state index is 12.6. The van der Waals surface area contributed by atoms with E-state index in [4.69, 9.17) is 0 Å². The first-order valence-corrected chi connectivity index (χ1v) is 8.27. The lowest BCUT2D eigenvalue weighted by atomic mass is 9.93. The first-order chi connectivity index (χ1) is 10.5. The minimum absolute atomic E-state index is 0.0145. The standard InChI is InChI=1S/C18H28N2O2/c1-13(2)17(15-8-5-4-6-9-15)19-18(22)20-11-7-10-16(12-20)14(3)21/h4-6,8-9,13-14,16-17,21H,7,10-12H2,1-3H3,(H,19,22). The molecule has 1 aliphatic rings. The lowest BCUT2D eigenvalue weighted by molar-refractivity contribution is 0.0729. The van der Waals surface area contributed by atoms with Crippen molar-refractivity contribution in [3.8, 4) is 0 Å². The van der Waals surface area contributed by atoms with Crippen LogP contribution in [0.4, 0.5) is 4.79 Å². The van der Waals surface area contributed by atoms with Gasteiger partial charge in [0.05, 0.1) is 12.1 Å². The molecule has 2 amide bonds.